The van der Waals surface area contributed by atoms with Gasteiger partial charge in [0.05, 0.1) is 18.8 Å². The van der Waals surface area contributed by atoms with E-state index in [1.165, 1.54) is 0 Å². The Morgan fingerprint density at radius 1 is 1.46 bits per heavy atom. The first-order valence-corrected chi connectivity index (χ1v) is 4.85. The first kappa shape index (κ1) is 10.7. The minimum atomic E-state index is -0.0223. The monoisotopic (exact) mass is 185 g/mol. The molecule has 0 atom stereocenters. The first-order valence-electron chi connectivity index (χ1n) is 4.85. The number of ketones is 1. The van der Waals surface area contributed by atoms with Crippen LogP contribution in [0.1, 0.15) is 27.2 Å². The highest BCUT2D eigenvalue weighted by Crippen LogP contribution is 2.17. The Morgan fingerprint density at radius 2 is 2.15 bits per heavy atom. The average Bonchev–Trinajstić information content (AvgIpc) is 2.12. The maximum atomic E-state index is 10.9. The van der Waals surface area contributed by atoms with Gasteiger partial charge >= 0.3 is 0 Å². The van der Waals surface area contributed by atoms with E-state index in [-0.39, 0.29) is 11.4 Å². The van der Waals surface area contributed by atoms with Gasteiger partial charge in [-0.25, -0.2) is 0 Å². The molecule has 13 heavy (non-hydrogen) atoms. The fourth-order valence-electron chi connectivity index (χ4n) is 1.54. The molecule has 0 aromatic rings. The molecule has 1 aliphatic heterocycles. The number of carbonyl (C=O) groups is 1. The highest BCUT2D eigenvalue weighted by atomic mass is 16.5. The zero-order valence-electron chi connectivity index (χ0n) is 8.80. The summed E-state index contributed by atoms with van der Waals surface area (Å²) >= 11 is 0. The quantitative estimate of drug-likeness (QED) is 0.644. The van der Waals surface area contributed by atoms with Crippen LogP contribution in [0.25, 0.3) is 0 Å². The topological polar surface area (TPSA) is 29.5 Å². The molecule has 0 unspecified atom stereocenters. The highest BCUT2D eigenvalue weighted by molar-refractivity contribution is 5.77. The lowest BCUT2D eigenvalue weighted by molar-refractivity contribution is -0.118. The molecular weight excluding hydrogens is 166 g/mol. The van der Waals surface area contributed by atoms with Crippen LogP contribution in [-0.4, -0.2) is 42.5 Å². The molecule has 0 N–H and O–H groups in total. The van der Waals surface area contributed by atoms with Gasteiger partial charge in [0.25, 0.3) is 0 Å². The van der Waals surface area contributed by atoms with Gasteiger partial charge in [0.15, 0.2) is 0 Å². The molecule has 76 valence electrons. The molecule has 0 saturated carbocycles. The van der Waals surface area contributed by atoms with Crippen LogP contribution in [0.3, 0.4) is 0 Å². The van der Waals surface area contributed by atoms with E-state index in [0.29, 0.717) is 6.54 Å². The Morgan fingerprint density at radius 3 is 2.77 bits per heavy atom. The molecule has 0 amide bonds. The minimum Gasteiger partial charge on any atom is -0.374 e. The Kier molecular flexibility index (Phi) is 3.45. The maximum Gasteiger partial charge on any atom is 0.143 e. The van der Waals surface area contributed by atoms with Crippen molar-refractivity contribution in [3.63, 3.8) is 0 Å². The summed E-state index contributed by atoms with van der Waals surface area (Å²) in [7, 11) is 0. The summed E-state index contributed by atoms with van der Waals surface area (Å²) in [4.78, 5) is 13.1. The third-order valence-electron chi connectivity index (χ3n) is 2.38. The number of rotatable bonds is 2. The second-order valence-electron chi connectivity index (χ2n) is 4.34. The van der Waals surface area contributed by atoms with E-state index in [1.54, 1.807) is 6.92 Å². The average molecular weight is 185 g/mol. The van der Waals surface area contributed by atoms with Gasteiger partial charge in [-0.1, -0.05) is 0 Å². The van der Waals surface area contributed by atoms with Crippen molar-refractivity contribution < 1.29 is 9.53 Å². The van der Waals surface area contributed by atoms with Crippen molar-refractivity contribution in [3.05, 3.63) is 0 Å². The molecule has 1 rings (SSSR count). The van der Waals surface area contributed by atoms with Gasteiger partial charge in [-0.05, 0) is 27.2 Å². The minimum absolute atomic E-state index is 0.0223. The zero-order valence-corrected chi connectivity index (χ0v) is 8.80. The standard InChI is InChI=1S/C10H19NO2/c1-9(12)8-11-5-4-10(2,3)13-7-6-11/h4-8H2,1-3H3. The fourth-order valence-corrected chi connectivity index (χ4v) is 1.54. The van der Waals surface area contributed by atoms with Crippen molar-refractivity contribution in [2.45, 2.75) is 32.8 Å². The predicted octanol–water partition coefficient (Wildman–Crippen LogP) is 1.08. The van der Waals surface area contributed by atoms with Crippen LogP contribution in [-0.2, 0) is 9.53 Å². The Hall–Kier alpha value is -0.410. The van der Waals surface area contributed by atoms with Crippen LogP contribution in [0.5, 0.6) is 0 Å². The largest absolute Gasteiger partial charge is 0.374 e. The van der Waals surface area contributed by atoms with Gasteiger partial charge in [-0.3, -0.25) is 9.69 Å². The third-order valence-corrected chi connectivity index (χ3v) is 2.38. The molecule has 0 aliphatic carbocycles. The molecule has 3 heteroatoms. The van der Waals surface area contributed by atoms with E-state index in [4.69, 9.17) is 4.74 Å². The van der Waals surface area contributed by atoms with Gasteiger partial charge in [-0.2, -0.15) is 0 Å². The van der Waals surface area contributed by atoms with Crippen molar-refractivity contribution in [2.24, 2.45) is 0 Å². The number of Topliss-reactive ketones (excluding diaryl/α,β-unsaturated/α-hetero) is 1. The lowest BCUT2D eigenvalue weighted by atomic mass is 10.1. The smallest absolute Gasteiger partial charge is 0.143 e. The van der Waals surface area contributed by atoms with Crippen molar-refractivity contribution in [1.82, 2.24) is 4.90 Å². The molecule has 1 fully saturated rings. The van der Waals surface area contributed by atoms with Gasteiger partial charge in [0.2, 0.25) is 0 Å². The summed E-state index contributed by atoms with van der Waals surface area (Å²) in [5.74, 6) is 0.236. The van der Waals surface area contributed by atoms with Crippen LogP contribution in [0.15, 0.2) is 0 Å². The Labute approximate surface area is 80.1 Å². The summed E-state index contributed by atoms with van der Waals surface area (Å²) in [5.41, 5.74) is -0.0223. The van der Waals surface area contributed by atoms with Gasteiger partial charge in [-0.15, -0.1) is 0 Å². The predicted molar refractivity (Wildman–Crippen MR) is 51.8 cm³/mol. The number of ether oxygens (including phenoxy) is 1. The lowest BCUT2D eigenvalue weighted by Crippen LogP contribution is -2.31. The molecule has 0 spiro atoms. The molecule has 1 saturated heterocycles. The summed E-state index contributed by atoms with van der Waals surface area (Å²) in [6.45, 7) is 8.99. The number of hydrogen-bond acceptors (Lipinski definition) is 3. The van der Waals surface area contributed by atoms with E-state index >= 15 is 0 Å². The molecule has 0 aromatic carbocycles. The summed E-state index contributed by atoms with van der Waals surface area (Å²) in [6, 6.07) is 0. The van der Waals surface area contributed by atoms with Crippen LogP contribution in [0.4, 0.5) is 0 Å². The molecule has 0 bridgehead atoms. The Balaban J connectivity index is 2.40. The second-order valence-corrected chi connectivity index (χ2v) is 4.34. The number of nitrogens with zero attached hydrogens (tertiary/aromatic N) is 1. The normalized spacial score (nSPS) is 23.9. The van der Waals surface area contributed by atoms with Crippen molar-refractivity contribution in [2.75, 3.05) is 26.2 Å². The third kappa shape index (κ3) is 3.87. The van der Waals surface area contributed by atoms with Crippen LogP contribution in [0.2, 0.25) is 0 Å². The number of hydrogen-bond donors (Lipinski definition) is 0. The van der Waals surface area contributed by atoms with E-state index < -0.39 is 0 Å². The molecule has 0 aromatic heterocycles. The van der Waals surface area contributed by atoms with E-state index in [9.17, 15) is 4.79 Å². The lowest BCUT2D eigenvalue weighted by Gasteiger charge is -2.22. The zero-order chi connectivity index (χ0) is 9.90. The van der Waals surface area contributed by atoms with Crippen molar-refractivity contribution >= 4 is 5.78 Å². The van der Waals surface area contributed by atoms with E-state index in [0.717, 1.165) is 26.1 Å². The van der Waals surface area contributed by atoms with Gasteiger partial charge in [0, 0.05) is 13.1 Å². The highest BCUT2D eigenvalue weighted by Gasteiger charge is 2.23. The molecule has 0 radical (unpaired) electrons. The van der Waals surface area contributed by atoms with Crippen molar-refractivity contribution in [1.29, 1.82) is 0 Å². The molecular formula is C10H19NO2. The van der Waals surface area contributed by atoms with Gasteiger partial charge < -0.3 is 4.74 Å². The summed E-state index contributed by atoms with van der Waals surface area (Å²) in [5, 5.41) is 0. The number of carbonyl (C=O) groups excluding carboxylic acids is 1. The molecule has 1 heterocycles. The molecule has 3 nitrogen and oxygen atoms in total. The van der Waals surface area contributed by atoms with Gasteiger partial charge in [0.1, 0.15) is 5.78 Å². The van der Waals surface area contributed by atoms with Crippen LogP contribution < -0.4 is 0 Å². The first-order chi connectivity index (χ1) is 5.99. The second kappa shape index (κ2) is 4.20. The maximum absolute atomic E-state index is 10.9. The van der Waals surface area contributed by atoms with Crippen LogP contribution in [0, 0.1) is 0 Å². The van der Waals surface area contributed by atoms with E-state index in [1.807, 2.05) is 0 Å². The summed E-state index contributed by atoms with van der Waals surface area (Å²) in [6.07, 6.45) is 1.00. The fraction of sp³-hybridized carbons (Fsp3) is 0.900. The van der Waals surface area contributed by atoms with Crippen LogP contribution >= 0.6 is 0 Å². The SMILES string of the molecule is CC(=O)CN1CCOC(C)(C)CC1. The molecule has 1 aliphatic rings. The summed E-state index contributed by atoms with van der Waals surface area (Å²) < 4.78 is 5.65. The Bertz CT molecular complexity index is 189. The van der Waals surface area contributed by atoms with Crippen molar-refractivity contribution in [3.8, 4) is 0 Å². The van der Waals surface area contributed by atoms with E-state index in [2.05, 4.69) is 18.7 Å².